The van der Waals surface area contributed by atoms with Crippen molar-refractivity contribution in [3.63, 3.8) is 0 Å². The van der Waals surface area contributed by atoms with Gasteiger partial charge < -0.3 is 20.1 Å². The summed E-state index contributed by atoms with van der Waals surface area (Å²) in [6.07, 6.45) is 2.01. The molecule has 5 nitrogen and oxygen atoms in total. The molecule has 0 aromatic rings. The molecule has 2 unspecified atom stereocenters. The third-order valence-corrected chi connectivity index (χ3v) is 3.61. The molecule has 1 fully saturated rings. The largest absolute Gasteiger partial charge is 0.392 e. The second kappa shape index (κ2) is 7.71. The van der Waals surface area contributed by atoms with Gasteiger partial charge in [-0.15, -0.1) is 0 Å². The molecule has 106 valence electrons. The quantitative estimate of drug-likeness (QED) is 0.693. The first-order chi connectivity index (χ1) is 8.63. The van der Waals surface area contributed by atoms with Gasteiger partial charge in [-0.05, 0) is 19.3 Å². The van der Waals surface area contributed by atoms with Crippen LogP contribution in [-0.2, 0) is 9.53 Å². The molecular weight excluding hydrogens is 232 g/mol. The number of hydrogen-bond donors (Lipinski definition) is 2. The standard InChI is InChI=1S/C13H26N2O3/c1-4-10(5-2)15(6-7-18-3)13(17)12-8-11(16)9-14-12/h10-12,14,16H,4-9H2,1-3H3. The Hall–Kier alpha value is -0.650. The Morgan fingerprint density at radius 1 is 1.50 bits per heavy atom. The van der Waals surface area contributed by atoms with Gasteiger partial charge in [0.25, 0.3) is 0 Å². The van der Waals surface area contributed by atoms with Crippen molar-refractivity contribution in [2.24, 2.45) is 0 Å². The molecule has 0 aliphatic carbocycles. The zero-order chi connectivity index (χ0) is 13.5. The lowest BCUT2D eigenvalue weighted by Crippen LogP contribution is -2.49. The molecule has 1 amide bonds. The fraction of sp³-hybridized carbons (Fsp3) is 0.923. The van der Waals surface area contributed by atoms with E-state index in [1.165, 1.54) is 0 Å². The van der Waals surface area contributed by atoms with Crippen LogP contribution < -0.4 is 5.32 Å². The molecule has 0 radical (unpaired) electrons. The zero-order valence-corrected chi connectivity index (χ0v) is 11.7. The van der Waals surface area contributed by atoms with Gasteiger partial charge in [-0.1, -0.05) is 13.8 Å². The van der Waals surface area contributed by atoms with E-state index >= 15 is 0 Å². The maximum absolute atomic E-state index is 12.5. The lowest BCUT2D eigenvalue weighted by Gasteiger charge is -2.32. The van der Waals surface area contributed by atoms with E-state index in [9.17, 15) is 9.90 Å². The summed E-state index contributed by atoms with van der Waals surface area (Å²) < 4.78 is 5.08. The van der Waals surface area contributed by atoms with E-state index in [1.807, 2.05) is 4.90 Å². The molecule has 0 aromatic heterocycles. The second-order valence-electron chi connectivity index (χ2n) is 4.85. The van der Waals surface area contributed by atoms with E-state index in [4.69, 9.17) is 4.74 Å². The van der Waals surface area contributed by atoms with Crippen LogP contribution in [0.25, 0.3) is 0 Å². The van der Waals surface area contributed by atoms with Crippen molar-refractivity contribution in [2.45, 2.75) is 51.3 Å². The smallest absolute Gasteiger partial charge is 0.240 e. The highest BCUT2D eigenvalue weighted by atomic mass is 16.5. The SMILES string of the molecule is CCC(CC)N(CCOC)C(=O)C1CC(O)CN1. The maximum Gasteiger partial charge on any atom is 0.240 e. The average molecular weight is 258 g/mol. The molecule has 1 aliphatic rings. The van der Waals surface area contributed by atoms with Gasteiger partial charge in [-0.3, -0.25) is 4.79 Å². The van der Waals surface area contributed by atoms with Gasteiger partial charge in [-0.2, -0.15) is 0 Å². The molecule has 1 heterocycles. The third kappa shape index (κ3) is 3.93. The lowest BCUT2D eigenvalue weighted by atomic mass is 10.1. The predicted octanol–water partition coefficient (Wildman–Crippen LogP) is 0.373. The van der Waals surface area contributed by atoms with Gasteiger partial charge in [0.05, 0.1) is 18.8 Å². The van der Waals surface area contributed by atoms with Crippen LogP contribution in [0, 0.1) is 0 Å². The molecule has 5 heteroatoms. The number of nitrogens with zero attached hydrogens (tertiary/aromatic N) is 1. The topological polar surface area (TPSA) is 61.8 Å². The number of amides is 1. The van der Waals surface area contributed by atoms with E-state index in [-0.39, 0.29) is 18.0 Å². The minimum absolute atomic E-state index is 0.0947. The zero-order valence-electron chi connectivity index (χ0n) is 11.7. The van der Waals surface area contributed by atoms with Crippen LogP contribution in [-0.4, -0.2) is 60.9 Å². The van der Waals surface area contributed by atoms with Crippen molar-refractivity contribution < 1.29 is 14.6 Å². The Labute approximate surface area is 109 Å². The van der Waals surface area contributed by atoms with Crippen LogP contribution in [0.4, 0.5) is 0 Å². The van der Waals surface area contributed by atoms with Crippen molar-refractivity contribution in [1.82, 2.24) is 10.2 Å². The first-order valence-corrected chi connectivity index (χ1v) is 6.84. The Morgan fingerprint density at radius 2 is 2.17 bits per heavy atom. The van der Waals surface area contributed by atoms with Crippen molar-refractivity contribution in [2.75, 3.05) is 26.8 Å². The molecular formula is C13H26N2O3. The summed E-state index contributed by atoms with van der Waals surface area (Å²) >= 11 is 0. The number of hydrogen-bond acceptors (Lipinski definition) is 4. The number of β-amino-alcohol motifs (C(OH)–C–C–N with tert-alkyl or cyclic N) is 1. The first kappa shape index (κ1) is 15.4. The summed E-state index contributed by atoms with van der Waals surface area (Å²) in [7, 11) is 1.65. The number of carbonyl (C=O) groups excluding carboxylic acids is 1. The molecule has 2 N–H and O–H groups in total. The molecule has 1 saturated heterocycles. The number of ether oxygens (including phenoxy) is 1. The number of carbonyl (C=O) groups is 1. The lowest BCUT2D eigenvalue weighted by molar-refractivity contribution is -0.136. The molecule has 18 heavy (non-hydrogen) atoms. The molecule has 2 atom stereocenters. The number of aliphatic hydroxyl groups is 1. The maximum atomic E-state index is 12.5. The molecule has 0 spiro atoms. The summed E-state index contributed by atoms with van der Waals surface area (Å²) in [5.74, 6) is 0.0947. The van der Waals surface area contributed by atoms with Gasteiger partial charge in [-0.25, -0.2) is 0 Å². The van der Waals surface area contributed by atoms with Crippen LogP contribution >= 0.6 is 0 Å². The van der Waals surface area contributed by atoms with E-state index in [2.05, 4.69) is 19.2 Å². The summed E-state index contributed by atoms with van der Waals surface area (Å²) in [6.45, 7) is 5.88. The molecule has 0 aromatic carbocycles. The Balaban J connectivity index is 2.65. The number of nitrogens with one attached hydrogen (secondary N) is 1. The summed E-state index contributed by atoms with van der Waals surface area (Å²) in [5.41, 5.74) is 0. The number of aliphatic hydroxyl groups excluding tert-OH is 1. The third-order valence-electron chi connectivity index (χ3n) is 3.61. The van der Waals surface area contributed by atoms with E-state index < -0.39 is 6.10 Å². The molecule has 0 bridgehead atoms. The van der Waals surface area contributed by atoms with Crippen LogP contribution in [0.2, 0.25) is 0 Å². The van der Waals surface area contributed by atoms with Crippen LogP contribution in [0.15, 0.2) is 0 Å². The van der Waals surface area contributed by atoms with Crippen molar-refractivity contribution in [1.29, 1.82) is 0 Å². The average Bonchev–Trinajstić information content (AvgIpc) is 2.80. The minimum Gasteiger partial charge on any atom is -0.392 e. The van der Waals surface area contributed by atoms with Crippen LogP contribution in [0.1, 0.15) is 33.1 Å². The highest BCUT2D eigenvalue weighted by Crippen LogP contribution is 2.15. The number of methoxy groups -OCH3 is 1. The molecule has 0 saturated carbocycles. The van der Waals surface area contributed by atoms with Gasteiger partial charge in [0.15, 0.2) is 0 Å². The Morgan fingerprint density at radius 3 is 2.61 bits per heavy atom. The minimum atomic E-state index is -0.398. The van der Waals surface area contributed by atoms with Crippen molar-refractivity contribution in [3.05, 3.63) is 0 Å². The van der Waals surface area contributed by atoms with Crippen LogP contribution in [0.3, 0.4) is 0 Å². The highest BCUT2D eigenvalue weighted by Gasteiger charge is 2.33. The fourth-order valence-corrected chi connectivity index (χ4v) is 2.50. The van der Waals surface area contributed by atoms with E-state index in [0.717, 1.165) is 12.8 Å². The first-order valence-electron chi connectivity index (χ1n) is 6.84. The van der Waals surface area contributed by atoms with Crippen molar-refractivity contribution >= 4 is 5.91 Å². The summed E-state index contributed by atoms with van der Waals surface area (Å²) in [5, 5.41) is 12.6. The van der Waals surface area contributed by atoms with E-state index in [0.29, 0.717) is 26.1 Å². The number of rotatable bonds is 7. The summed E-state index contributed by atoms with van der Waals surface area (Å²) in [4.78, 5) is 14.4. The monoisotopic (exact) mass is 258 g/mol. The molecule has 1 rings (SSSR count). The normalized spacial score (nSPS) is 23.6. The van der Waals surface area contributed by atoms with Crippen molar-refractivity contribution in [3.8, 4) is 0 Å². The Bertz CT molecular complexity index is 257. The van der Waals surface area contributed by atoms with Gasteiger partial charge >= 0.3 is 0 Å². The van der Waals surface area contributed by atoms with Crippen LogP contribution in [0.5, 0.6) is 0 Å². The van der Waals surface area contributed by atoms with Gasteiger partial charge in [0, 0.05) is 26.2 Å². The van der Waals surface area contributed by atoms with Gasteiger partial charge in [0.1, 0.15) is 0 Å². The predicted molar refractivity (Wildman–Crippen MR) is 70.4 cm³/mol. The highest BCUT2D eigenvalue weighted by molar-refractivity contribution is 5.82. The molecule has 1 aliphatic heterocycles. The fourth-order valence-electron chi connectivity index (χ4n) is 2.50. The van der Waals surface area contributed by atoms with E-state index in [1.54, 1.807) is 7.11 Å². The summed E-state index contributed by atoms with van der Waals surface area (Å²) in [6, 6.07) is 0.0182. The Kier molecular flexibility index (Phi) is 6.60. The second-order valence-corrected chi connectivity index (χ2v) is 4.85. The van der Waals surface area contributed by atoms with Gasteiger partial charge in [0.2, 0.25) is 5.91 Å².